The first-order valence-corrected chi connectivity index (χ1v) is 5.02. The van der Waals surface area contributed by atoms with Gasteiger partial charge in [-0.25, -0.2) is 4.39 Å². The molecule has 1 aromatic heterocycles. The van der Waals surface area contributed by atoms with Crippen LogP contribution in [0.1, 0.15) is 11.3 Å². The van der Waals surface area contributed by atoms with Gasteiger partial charge >= 0.3 is 0 Å². The maximum atomic E-state index is 13.0. The van der Waals surface area contributed by atoms with Crippen molar-refractivity contribution in [3.8, 4) is 11.3 Å². The molecule has 0 amide bonds. The highest BCUT2D eigenvalue weighted by Crippen LogP contribution is 2.24. The number of halogens is 2. The zero-order valence-electron chi connectivity index (χ0n) is 8.13. The molecule has 0 aliphatic carbocycles. The maximum Gasteiger partial charge on any atom is 0.152 e. The zero-order chi connectivity index (χ0) is 10.8. The fourth-order valence-corrected chi connectivity index (χ4v) is 1.50. The predicted octanol–water partition coefficient (Wildman–Crippen LogP) is 3.53. The Morgan fingerprint density at radius 3 is 2.87 bits per heavy atom. The fraction of sp³-hybridized carbons (Fsp3) is 0.182. The maximum absolute atomic E-state index is 13.0. The molecule has 0 spiro atoms. The Bertz CT molecular complexity index is 481. The Kier molecular flexibility index (Phi) is 2.73. The van der Waals surface area contributed by atoms with Gasteiger partial charge in [0.05, 0.1) is 5.88 Å². The molecular formula is C11H9ClFNO. The first-order chi connectivity index (χ1) is 7.20. The Labute approximate surface area is 91.7 Å². The van der Waals surface area contributed by atoms with Gasteiger partial charge in [-0.1, -0.05) is 11.2 Å². The summed E-state index contributed by atoms with van der Waals surface area (Å²) < 4.78 is 18.0. The predicted molar refractivity (Wildman–Crippen MR) is 56.2 cm³/mol. The Morgan fingerprint density at radius 2 is 2.20 bits per heavy atom. The lowest BCUT2D eigenvalue weighted by molar-refractivity contribution is 0.396. The molecular weight excluding hydrogens is 217 g/mol. The Hall–Kier alpha value is -1.35. The quantitative estimate of drug-likeness (QED) is 0.731. The first kappa shape index (κ1) is 10.2. The number of nitrogens with zero attached hydrogens (tertiary/aromatic N) is 1. The first-order valence-electron chi connectivity index (χ1n) is 4.49. The largest absolute Gasteiger partial charge is 0.359 e. The van der Waals surface area contributed by atoms with Crippen LogP contribution in [0.25, 0.3) is 11.3 Å². The van der Waals surface area contributed by atoms with Gasteiger partial charge < -0.3 is 4.52 Å². The second-order valence-corrected chi connectivity index (χ2v) is 3.54. The van der Waals surface area contributed by atoms with Crippen molar-refractivity contribution in [2.75, 3.05) is 0 Å². The number of rotatable bonds is 2. The second kappa shape index (κ2) is 4.03. The number of hydrogen-bond donors (Lipinski definition) is 0. The summed E-state index contributed by atoms with van der Waals surface area (Å²) in [5, 5.41) is 3.83. The molecule has 0 saturated carbocycles. The van der Waals surface area contributed by atoms with Gasteiger partial charge in [0.1, 0.15) is 11.5 Å². The molecule has 0 saturated heterocycles. The van der Waals surface area contributed by atoms with Crippen molar-refractivity contribution < 1.29 is 8.91 Å². The molecule has 4 heteroatoms. The van der Waals surface area contributed by atoms with E-state index in [1.807, 2.05) is 6.92 Å². The van der Waals surface area contributed by atoms with Crippen LogP contribution in [0.2, 0.25) is 0 Å². The van der Waals surface area contributed by atoms with Crippen molar-refractivity contribution in [1.29, 1.82) is 0 Å². The molecule has 78 valence electrons. The zero-order valence-corrected chi connectivity index (χ0v) is 8.88. The van der Waals surface area contributed by atoms with Crippen LogP contribution in [0.15, 0.2) is 28.8 Å². The third kappa shape index (κ3) is 2.02. The fourth-order valence-electron chi connectivity index (χ4n) is 1.37. The highest BCUT2D eigenvalue weighted by atomic mass is 35.5. The van der Waals surface area contributed by atoms with Crippen LogP contribution in [0, 0.1) is 12.7 Å². The summed E-state index contributed by atoms with van der Waals surface area (Å²) in [6.07, 6.45) is 0. The molecule has 1 heterocycles. The van der Waals surface area contributed by atoms with Crippen molar-refractivity contribution in [1.82, 2.24) is 5.16 Å². The van der Waals surface area contributed by atoms with Gasteiger partial charge in [-0.2, -0.15) is 0 Å². The minimum Gasteiger partial charge on any atom is -0.359 e. The minimum absolute atomic E-state index is 0.265. The van der Waals surface area contributed by atoms with Crippen molar-refractivity contribution in [2.45, 2.75) is 12.8 Å². The molecule has 0 aliphatic rings. The van der Waals surface area contributed by atoms with Crippen LogP contribution >= 0.6 is 11.6 Å². The van der Waals surface area contributed by atoms with E-state index in [1.165, 1.54) is 12.1 Å². The average molecular weight is 226 g/mol. The molecule has 15 heavy (non-hydrogen) atoms. The number of aromatic nitrogens is 1. The number of aryl methyl sites for hydroxylation is 1. The lowest BCUT2D eigenvalue weighted by Crippen LogP contribution is -1.84. The summed E-state index contributed by atoms with van der Waals surface area (Å²) >= 11 is 5.59. The molecule has 2 rings (SSSR count). The summed E-state index contributed by atoms with van der Waals surface area (Å²) in [7, 11) is 0. The van der Waals surface area contributed by atoms with Gasteiger partial charge in [-0.15, -0.1) is 11.6 Å². The van der Waals surface area contributed by atoms with Crippen molar-refractivity contribution in [2.24, 2.45) is 0 Å². The minimum atomic E-state index is -0.286. The average Bonchev–Trinajstić information content (AvgIpc) is 2.70. The van der Waals surface area contributed by atoms with E-state index in [0.29, 0.717) is 11.5 Å². The summed E-state index contributed by atoms with van der Waals surface area (Å²) in [5.41, 5.74) is 2.29. The van der Waals surface area contributed by atoms with Crippen molar-refractivity contribution in [3.05, 3.63) is 41.4 Å². The van der Waals surface area contributed by atoms with Gasteiger partial charge in [0.2, 0.25) is 0 Å². The van der Waals surface area contributed by atoms with E-state index in [2.05, 4.69) is 5.16 Å². The highest BCUT2D eigenvalue weighted by Gasteiger charge is 2.09. The van der Waals surface area contributed by atoms with Gasteiger partial charge in [-0.05, 0) is 24.6 Å². The lowest BCUT2D eigenvalue weighted by atomic mass is 10.1. The van der Waals surface area contributed by atoms with E-state index in [1.54, 1.807) is 12.1 Å². The third-order valence-corrected chi connectivity index (χ3v) is 2.43. The number of hydrogen-bond acceptors (Lipinski definition) is 2. The SMILES string of the molecule is Cc1ccc(F)cc1-c1cc(CCl)on1. The second-order valence-electron chi connectivity index (χ2n) is 3.27. The van der Waals surface area contributed by atoms with E-state index in [9.17, 15) is 4.39 Å². The molecule has 0 fully saturated rings. The van der Waals surface area contributed by atoms with Crippen LogP contribution in [-0.4, -0.2) is 5.16 Å². The topological polar surface area (TPSA) is 26.0 Å². The van der Waals surface area contributed by atoms with Crippen molar-refractivity contribution >= 4 is 11.6 Å². The smallest absolute Gasteiger partial charge is 0.152 e. The van der Waals surface area contributed by atoms with Crippen LogP contribution in [0.4, 0.5) is 4.39 Å². The van der Waals surface area contributed by atoms with E-state index in [0.717, 1.165) is 11.1 Å². The van der Waals surface area contributed by atoms with Crippen LogP contribution in [0.3, 0.4) is 0 Å². The molecule has 0 radical (unpaired) electrons. The third-order valence-electron chi connectivity index (χ3n) is 2.17. The molecule has 2 nitrogen and oxygen atoms in total. The standard InChI is InChI=1S/C11H9ClFNO/c1-7-2-3-8(13)4-10(7)11-5-9(6-12)15-14-11/h2-5H,6H2,1H3. The highest BCUT2D eigenvalue weighted by molar-refractivity contribution is 6.16. The van der Waals surface area contributed by atoms with Crippen molar-refractivity contribution in [3.63, 3.8) is 0 Å². The van der Waals surface area contributed by atoms with Crippen LogP contribution in [0.5, 0.6) is 0 Å². The summed E-state index contributed by atoms with van der Waals surface area (Å²) in [6.45, 7) is 1.89. The Balaban J connectivity index is 2.48. The molecule has 0 atom stereocenters. The van der Waals surface area contributed by atoms with Crippen LogP contribution in [-0.2, 0) is 5.88 Å². The molecule has 0 bridgehead atoms. The lowest BCUT2D eigenvalue weighted by Gasteiger charge is -2.00. The molecule has 0 aliphatic heterocycles. The van der Waals surface area contributed by atoms with Gasteiger partial charge in [-0.3, -0.25) is 0 Å². The van der Waals surface area contributed by atoms with Crippen LogP contribution < -0.4 is 0 Å². The van der Waals surface area contributed by atoms with E-state index < -0.39 is 0 Å². The van der Waals surface area contributed by atoms with E-state index in [4.69, 9.17) is 16.1 Å². The monoisotopic (exact) mass is 225 g/mol. The molecule has 1 aromatic carbocycles. The number of benzene rings is 1. The normalized spacial score (nSPS) is 10.6. The van der Waals surface area contributed by atoms with E-state index in [-0.39, 0.29) is 11.7 Å². The number of alkyl halides is 1. The van der Waals surface area contributed by atoms with Gasteiger partial charge in [0.25, 0.3) is 0 Å². The Morgan fingerprint density at radius 1 is 1.40 bits per heavy atom. The van der Waals surface area contributed by atoms with Gasteiger partial charge in [0.15, 0.2) is 5.76 Å². The molecule has 2 aromatic rings. The summed E-state index contributed by atoms with van der Waals surface area (Å²) in [6, 6.07) is 6.28. The van der Waals surface area contributed by atoms with E-state index >= 15 is 0 Å². The summed E-state index contributed by atoms with van der Waals surface area (Å²) in [4.78, 5) is 0. The van der Waals surface area contributed by atoms with Gasteiger partial charge in [0, 0.05) is 11.6 Å². The molecule has 0 unspecified atom stereocenters. The summed E-state index contributed by atoms with van der Waals surface area (Å²) in [5.74, 6) is 0.558. The molecule has 0 N–H and O–H groups in total.